The Kier molecular flexibility index (Phi) is 5.79. The number of halogens is 1. The number of nitrogens with zero attached hydrogens (tertiary/aromatic N) is 2. The van der Waals surface area contributed by atoms with Crippen LogP contribution in [0.15, 0.2) is 68.4 Å². The summed E-state index contributed by atoms with van der Waals surface area (Å²) in [6, 6.07) is 15.5. The van der Waals surface area contributed by atoms with Crippen LogP contribution in [0.3, 0.4) is 0 Å². The van der Waals surface area contributed by atoms with Crippen molar-refractivity contribution in [3.63, 3.8) is 0 Å². The monoisotopic (exact) mass is 498 g/mol. The van der Waals surface area contributed by atoms with Gasteiger partial charge in [0, 0.05) is 27.7 Å². The van der Waals surface area contributed by atoms with Crippen molar-refractivity contribution < 1.29 is 18.9 Å². The molecule has 1 aliphatic heterocycles. The van der Waals surface area contributed by atoms with Crippen LogP contribution in [0, 0.1) is 17.0 Å². The molecule has 156 valence electrons. The first-order chi connectivity index (χ1) is 14.8. The highest BCUT2D eigenvalue weighted by molar-refractivity contribution is 9.10. The molecule has 1 fully saturated rings. The molecule has 1 aliphatic rings. The number of thioether (sulfide) groups is 1. The van der Waals surface area contributed by atoms with E-state index < -0.39 is 4.92 Å². The molecule has 2 aromatic carbocycles. The topological polar surface area (TPSA) is 93.7 Å². The second-order valence-electron chi connectivity index (χ2n) is 6.82. The fourth-order valence-electron chi connectivity index (χ4n) is 3.16. The molecule has 0 unspecified atom stereocenters. The molecule has 7 nitrogen and oxygen atoms in total. The molecule has 0 aliphatic carbocycles. The van der Waals surface area contributed by atoms with Crippen molar-refractivity contribution in [1.82, 2.24) is 4.90 Å². The number of nitro benzene ring substituents is 1. The molecule has 2 heterocycles. The molecule has 0 saturated carbocycles. The first-order valence-corrected chi connectivity index (χ1v) is 10.8. The summed E-state index contributed by atoms with van der Waals surface area (Å²) >= 11 is 4.29. The van der Waals surface area contributed by atoms with Gasteiger partial charge in [0.05, 0.1) is 16.4 Å². The van der Waals surface area contributed by atoms with Crippen LogP contribution in [0.5, 0.6) is 0 Å². The van der Waals surface area contributed by atoms with Crippen molar-refractivity contribution in [1.29, 1.82) is 0 Å². The van der Waals surface area contributed by atoms with E-state index in [1.165, 1.54) is 17.0 Å². The lowest BCUT2D eigenvalue weighted by molar-refractivity contribution is -0.385. The van der Waals surface area contributed by atoms with Crippen LogP contribution in [0.25, 0.3) is 17.4 Å². The highest BCUT2D eigenvalue weighted by Crippen LogP contribution is 2.35. The van der Waals surface area contributed by atoms with Gasteiger partial charge in [0.15, 0.2) is 0 Å². The quantitative estimate of drug-likeness (QED) is 0.237. The lowest BCUT2D eigenvalue weighted by Crippen LogP contribution is -2.27. The van der Waals surface area contributed by atoms with E-state index in [0.717, 1.165) is 21.8 Å². The van der Waals surface area contributed by atoms with Gasteiger partial charge in [-0.2, -0.15) is 0 Å². The summed E-state index contributed by atoms with van der Waals surface area (Å²) < 4.78 is 6.62. The summed E-state index contributed by atoms with van der Waals surface area (Å²) in [5.74, 6) is 0.545. The molecule has 9 heteroatoms. The van der Waals surface area contributed by atoms with Crippen LogP contribution in [-0.2, 0) is 11.3 Å². The zero-order chi connectivity index (χ0) is 22.1. The van der Waals surface area contributed by atoms with E-state index in [0.29, 0.717) is 22.6 Å². The molecule has 0 N–H and O–H groups in total. The number of nitro groups is 1. The van der Waals surface area contributed by atoms with Crippen LogP contribution in [0.1, 0.15) is 16.9 Å². The Morgan fingerprint density at radius 2 is 1.94 bits per heavy atom. The highest BCUT2D eigenvalue weighted by atomic mass is 79.9. The fraction of sp³-hybridized carbons (Fsp3) is 0.0909. The van der Waals surface area contributed by atoms with Crippen molar-refractivity contribution in [3.05, 3.63) is 91.0 Å². The predicted octanol–water partition coefficient (Wildman–Crippen LogP) is 6.16. The van der Waals surface area contributed by atoms with Crippen LogP contribution in [0.4, 0.5) is 10.5 Å². The van der Waals surface area contributed by atoms with E-state index in [2.05, 4.69) is 15.9 Å². The van der Waals surface area contributed by atoms with Gasteiger partial charge >= 0.3 is 0 Å². The maximum absolute atomic E-state index is 12.8. The van der Waals surface area contributed by atoms with Crippen LogP contribution in [0.2, 0.25) is 0 Å². The summed E-state index contributed by atoms with van der Waals surface area (Å²) in [5.41, 5.74) is 2.08. The van der Waals surface area contributed by atoms with Gasteiger partial charge in [0.1, 0.15) is 11.5 Å². The van der Waals surface area contributed by atoms with Gasteiger partial charge in [-0.3, -0.25) is 24.6 Å². The molecule has 1 aromatic heterocycles. The predicted molar refractivity (Wildman–Crippen MR) is 121 cm³/mol. The standard InChI is InChI=1S/C22H15BrN2O5S/c1-13-10-14(6-8-18(13)25(28)29)19-9-7-16(30-19)11-20-21(26)24(22(27)31-20)12-15-4-2-3-5-17(15)23/h2-11H,12H2,1H3/b20-11-. The minimum atomic E-state index is -0.434. The number of aryl methyl sites for hydroxylation is 1. The van der Waals surface area contributed by atoms with Gasteiger partial charge in [0.2, 0.25) is 0 Å². The van der Waals surface area contributed by atoms with Crippen molar-refractivity contribution in [2.45, 2.75) is 13.5 Å². The minimum absolute atomic E-state index is 0.0363. The Bertz CT molecular complexity index is 1250. The average Bonchev–Trinajstić information content (AvgIpc) is 3.29. The molecule has 0 atom stereocenters. The number of hydrogen-bond donors (Lipinski definition) is 0. The molecule has 4 rings (SSSR count). The van der Waals surface area contributed by atoms with E-state index in [1.807, 2.05) is 24.3 Å². The highest BCUT2D eigenvalue weighted by Gasteiger charge is 2.35. The third-order valence-electron chi connectivity index (χ3n) is 4.74. The Balaban J connectivity index is 1.55. The molecule has 0 spiro atoms. The minimum Gasteiger partial charge on any atom is -0.457 e. The lowest BCUT2D eigenvalue weighted by Gasteiger charge is -2.13. The maximum atomic E-state index is 12.8. The first-order valence-electron chi connectivity index (χ1n) is 9.17. The van der Waals surface area contributed by atoms with Crippen molar-refractivity contribution in [3.8, 4) is 11.3 Å². The number of carbonyl (C=O) groups is 2. The van der Waals surface area contributed by atoms with Crippen molar-refractivity contribution in [2.75, 3.05) is 0 Å². The van der Waals surface area contributed by atoms with Gasteiger partial charge in [-0.1, -0.05) is 34.1 Å². The third kappa shape index (κ3) is 4.33. The van der Waals surface area contributed by atoms with Gasteiger partial charge in [-0.05, 0) is 54.6 Å². The summed E-state index contributed by atoms with van der Waals surface area (Å²) in [6.07, 6.45) is 1.53. The second-order valence-corrected chi connectivity index (χ2v) is 8.67. The Hall–Kier alpha value is -3.17. The Morgan fingerprint density at radius 1 is 1.16 bits per heavy atom. The second kappa shape index (κ2) is 8.52. The van der Waals surface area contributed by atoms with E-state index in [9.17, 15) is 19.7 Å². The van der Waals surface area contributed by atoms with Crippen molar-refractivity contribution in [2.24, 2.45) is 0 Å². The van der Waals surface area contributed by atoms with E-state index in [4.69, 9.17) is 4.42 Å². The molecular weight excluding hydrogens is 484 g/mol. The smallest absolute Gasteiger partial charge is 0.293 e. The third-order valence-corrected chi connectivity index (χ3v) is 6.42. The summed E-state index contributed by atoms with van der Waals surface area (Å²) in [6.45, 7) is 1.83. The summed E-state index contributed by atoms with van der Waals surface area (Å²) in [5, 5.41) is 10.6. The van der Waals surface area contributed by atoms with Crippen LogP contribution >= 0.6 is 27.7 Å². The van der Waals surface area contributed by atoms with Crippen LogP contribution in [-0.4, -0.2) is 21.0 Å². The van der Waals surface area contributed by atoms with Gasteiger partial charge < -0.3 is 4.42 Å². The zero-order valence-electron chi connectivity index (χ0n) is 16.2. The number of hydrogen-bond acceptors (Lipinski definition) is 6. The largest absolute Gasteiger partial charge is 0.457 e. The van der Waals surface area contributed by atoms with Gasteiger partial charge in [0.25, 0.3) is 16.8 Å². The summed E-state index contributed by atoms with van der Waals surface area (Å²) in [4.78, 5) is 37.2. The van der Waals surface area contributed by atoms with Gasteiger partial charge in [-0.15, -0.1) is 0 Å². The molecule has 0 bridgehead atoms. The molecule has 1 saturated heterocycles. The SMILES string of the molecule is Cc1cc(-c2ccc(/C=C3\SC(=O)N(Cc4ccccc4Br)C3=O)o2)ccc1[N+](=O)[O-]. The summed E-state index contributed by atoms with van der Waals surface area (Å²) in [7, 11) is 0. The first kappa shape index (κ1) is 21.1. The molecule has 3 aromatic rings. The van der Waals surface area contributed by atoms with Crippen molar-refractivity contribution >= 4 is 50.6 Å². The number of carbonyl (C=O) groups excluding carboxylic acids is 2. The Morgan fingerprint density at radius 3 is 2.65 bits per heavy atom. The number of benzene rings is 2. The zero-order valence-corrected chi connectivity index (χ0v) is 18.6. The molecule has 31 heavy (non-hydrogen) atoms. The number of amides is 2. The molecular formula is C22H15BrN2O5S. The molecule has 0 radical (unpaired) electrons. The number of furan rings is 1. The van der Waals surface area contributed by atoms with E-state index >= 15 is 0 Å². The Labute approximate surface area is 190 Å². The van der Waals surface area contributed by atoms with E-state index in [1.54, 1.807) is 31.2 Å². The normalized spacial score (nSPS) is 15.2. The fourth-order valence-corrected chi connectivity index (χ4v) is 4.39. The average molecular weight is 499 g/mol. The lowest BCUT2D eigenvalue weighted by atomic mass is 10.1. The number of imide groups is 1. The number of rotatable bonds is 5. The van der Waals surface area contributed by atoms with Gasteiger partial charge in [-0.25, -0.2) is 0 Å². The van der Waals surface area contributed by atoms with E-state index in [-0.39, 0.29) is 28.3 Å². The molecule has 2 amide bonds. The maximum Gasteiger partial charge on any atom is 0.293 e. The van der Waals surface area contributed by atoms with Crippen LogP contribution < -0.4 is 0 Å².